The summed E-state index contributed by atoms with van der Waals surface area (Å²) in [6.45, 7) is 9.43. The number of anilines is 5. The van der Waals surface area contributed by atoms with E-state index >= 15 is 0 Å². The Morgan fingerprint density at radius 2 is 0.664 bits per heavy atom. The highest BCUT2D eigenvalue weighted by Gasteiger charge is 2.25. The van der Waals surface area contributed by atoms with Crippen LogP contribution in [0, 0.1) is 0 Å². The molecular formula is C86H98ClN27O8. The molecule has 5 aliphatic carbocycles. The van der Waals surface area contributed by atoms with Crippen LogP contribution in [0.5, 0.6) is 0 Å². The predicted molar refractivity (Wildman–Crippen MR) is 483 cm³/mol. The van der Waals surface area contributed by atoms with Gasteiger partial charge in [0.05, 0.1) is 44.0 Å². The maximum atomic E-state index is 12.1. The number of carbonyl (C=O) groups is 5. The Morgan fingerprint density at radius 3 is 1.02 bits per heavy atom. The summed E-state index contributed by atoms with van der Waals surface area (Å²) < 4.78 is 8.69. The topological polar surface area (TPSA) is 423 Å². The Balaban J connectivity index is 0.000000149. The first-order valence-electron chi connectivity index (χ1n) is 38.8. The summed E-state index contributed by atoms with van der Waals surface area (Å²) >= 11 is 5.91. The van der Waals surface area contributed by atoms with Crippen molar-refractivity contribution in [2.45, 2.75) is 6.92 Å². The smallest absolute Gasteiger partial charge is 0.207 e. The number of aliphatic hydroxyl groups is 3. The van der Waals surface area contributed by atoms with Gasteiger partial charge in [0.2, 0.25) is 11.6 Å². The molecule has 0 unspecified atom stereocenters. The van der Waals surface area contributed by atoms with Gasteiger partial charge in [-0.25, -0.2) is 47.5 Å². The standard InChI is InChI=1S/C18H21N5O2.C17H18ClN5O2.2C17H20N6O.C17H19N5O2/c1-12-15(24)8-7-13(17(12)25)20-16-14-6-4-5-10-23(14)21-18(16)19-9-11-22(2)3;1-22(2)8-6-19-17-16(13-5-3-4-7-23(13)21-17)20-12-9-11(18)14(24)10-15(12)25;1-22(2)10-8-19-17-16(15-5-3-4-9-23(15)21-17)20-14-7-6-12(24)11-13(14)18;1-22(2)10-8-19-17-16(14-5-3-4-9-23(14)21-17)20-13-7-6-12(18)11-15(13)24;1-21(2)10-8-18-17-16(14-5-3-4-9-22(14)20-17)19-13-7-6-12(23)11-15(13)24/h4-8,10,25H,9,11H2,1-3H3,(H,19,21);3-5,7,9-10,24H,6,8H2,1-2H3,(H,19,21);2*3-7,9,11H,8,10,18H2,1-2H3,(H,19,21);3-7,9,11,24H,8,10H2,1-2H3,(H,18,20). The number of aliphatic hydroxyl groups excluding tert-OH is 3. The minimum atomic E-state index is -0.406. The number of carbonyl (C=O) groups excluding carboxylic acids is 5. The predicted octanol–water partition coefficient (Wildman–Crippen LogP) is 9.56. The highest BCUT2D eigenvalue weighted by Crippen LogP contribution is 2.36. The molecule has 0 fully saturated rings. The first-order chi connectivity index (χ1) is 58.5. The van der Waals surface area contributed by atoms with Crippen LogP contribution in [0.4, 0.5) is 57.5 Å². The van der Waals surface area contributed by atoms with E-state index in [1.54, 1.807) is 47.7 Å². The second-order valence-electron chi connectivity index (χ2n) is 29.3. The number of pyridine rings is 5. The average Bonchev–Trinajstić information content (AvgIpc) is 1.66. The summed E-state index contributed by atoms with van der Waals surface area (Å²) in [6, 6.07) is 28.5. The van der Waals surface area contributed by atoms with Crippen molar-refractivity contribution in [1.82, 2.24) is 72.6 Å². The molecule has 0 bridgehead atoms. The van der Waals surface area contributed by atoms with Gasteiger partial charge in [0.25, 0.3) is 0 Å². The van der Waals surface area contributed by atoms with Crippen LogP contribution in [0.15, 0.2) is 265 Å². The number of likely N-dealkylation sites (N-methyl/N-ethyl adjacent to an activating group) is 5. The molecule has 0 saturated heterocycles. The van der Waals surface area contributed by atoms with Crippen molar-refractivity contribution in [1.29, 1.82) is 0 Å². The molecule has 10 aromatic rings. The Kier molecular flexibility index (Phi) is 30.0. The van der Waals surface area contributed by atoms with Crippen LogP contribution in [0.25, 0.3) is 27.6 Å². The van der Waals surface area contributed by atoms with Gasteiger partial charge in [0.1, 0.15) is 68.6 Å². The number of hydrogen-bond acceptors (Lipinski definition) is 30. The van der Waals surface area contributed by atoms with E-state index in [2.05, 4.69) is 102 Å². The minimum Gasteiger partial charge on any atom is -0.506 e. The van der Waals surface area contributed by atoms with Gasteiger partial charge in [0.15, 0.2) is 46.4 Å². The summed E-state index contributed by atoms with van der Waals surface area (Å²) in [5.74, 6) is 1.50. The summed E-state index contributed by atoms with van der Waals surface area (Å²) in [7, 11) is 20.0. The van der Waals surface area contributed by atoms with E-state index in [-0.39, 0.29) is 51.2 Å². The third-order valence-electron chi connectivity index (χ3n) is 18.3. The average molecular weight is 1670 g/mol. The Bertz CT molecular complexity index is 5950. The van der Waals surface area contributed by atoms with Crippen LogP contribution in [0.1, 0.15) is 6.92 Å². The Hall–Kier alpha value is -14.4. The van der Waals surface area contributed by atoms with Gasteiger partial charge < -0.3 is 77.9 Å². The third-order valence-corrected chi connectivity index (χ3v) is 18.6. The van der Waals surface area contributed by atoms with Crippen molar-refractivity contribution in [2.24, 2.45) is 36.4 Å². The molecule has 10 aromatic heterocycles. The maximum Gasteiger partial charge on any atom is 0.207 e. The second-order valence-corrected chi connectivity index (χ2v) is 29.7. The molecule has 12 N–H and O–H groups in total. The first-order valence-corrected chi connectivity index (χ1v) is 39.1. The fourth-order valence-corrected chi connectivity index (χ4v) is 12.1. The molecule has 122 heavy (non-hydrogen) atoms. The van der Waals surface area contributed by atoms with Gasteiger partial charge in [-0.15, -0.1) is 25.5 Å². The molecule has 0 aromatic carbocycles. The monoisotopic (exact) mass is 1670 g/mol. The quantitative estimate of drug-likeness (QED) is 0.0188. The van der Waals surface area contributed by atoms with Crippen LogP contribution < -0.4 is 38.1 Å². The molecule has 10 heterocycles. The first kappa shape index (κ1) is 88.5. The number of halogens is 1. The molecule has 0 radical (unpaired) electrons. The molecule has 5 aliphatic rings. The zero-order chi connectivity index (χ0) is 87.3. The van der Waals surface area contributed by atoms with Crippen molar-refractivity contribution in [2.75, 3.05) is 163 Å². The molecule has 35 nitrogen and oxygen atoms in total. The van der Waals surface area contributed by atoms with E-state index in [1.165, 1.54) is 48.6 Å². The van der Waals surface area contributed by atoms with E-state index in [9.17, 15) is 39.3 Å². The number of nitrogens with one attached hydrogen (secondary N) is 5. The number of aliphatic imine (C=N–C) groups is 5. The van der Waals surface area contributed by atoms with E-state index in [1.807, 2.05) is 192 Å². The van der Waals surface area contributed by atoms with Crippen LogP contribution in [-0.2, 0) is 24.0 Å². The normalized spacial score (nSPS) is 16.3. The Labute approximate surface area is 708 Å². The third kappa shape index (κ3) is 23.3. The summed E-state index contributed by atoms with van der Waals surface area (Å²) in [5, 5.41) is 68.8. The number of rotatable bonds is 25. The van der Waals surface area contributed by atoms with Gasteiger partial charge in [0, 0.05) is 132 Å². The van der Waals surface area contributed by atoms with Crippen molar-refractivity contribution >= 4 is 154 Å². The SMILES string of the molecule is CC1=C(O)C(=Nc2c(NCCN(C)C)nn3ccccc23)C=CC1=O.CN(C)CCNc1nn2ccccc2c1N=C1C=C(Cl)C(O)=CC1=O.CN(C)CCNc1nn2ccccc2c1N=C1C=CC(=O)C=C1N.CN(C)CCNc1nn2ccccc2c1N=C1C=CC(=O)C=C1O.CN(C)CCNc1nn2ccccc2c1N=C1C=CC(N)=CC1=O. The van der Waals surface area contributed by atoms with Crippen LogP contribution in [-0.4, -0.2) is 281 Å². The second kappa shape index (κ2) is 41.4. The van der Waals surface area contributed by atoms with E-state index < -0.39 is 5.78 Å². The number of fused-ring (bicyclic) bond motifs is 5. The highest BCUT2D eigenvalue weighted by molar-refractivity contribution is 6.52. The molecular weight excluding hydrogens is 1570 g/mol. The lowest BCUT2D eigenvalue weighted by molar-refractivity contribution is -0.112. The van der Waals surface area contributed by atoms with Gasteiger partial charge in [-0.1, -0.05) is 41.9 Å². The number of hydrogen-bond donors (Lipinski definition) is 10. The lowest BCUT2D eigenvalue weighted by atomic mass is 10.0. The fourth-order valence-electron chi connectivity index (χ4n) is 11.9. The van der Waals surface area contributed by atoms with Crippen molar-refractivity contribution in [3.8, 4) is 0 Å². The molecule has 15 rings (SSSR count). The molecule has 0 atom stereocenters. The van der Waals surface area contributed by atoms with Crippen molar-refractivity contribution < 1.29 is 39.3 Å². The van der Waals surface area contributed by atoms with E-state index in [4.69, 9.17) is 23.1 Å². The number of nitrogens with two attached hydrogens (primary N) is 2. The molecule has 36 heteroatoms. The molecule has 0 spiro atoms. The lowest BCUT2D eigenvalue weighted by Gasteiger charge is -2.11. The van der Waals surface area contributed by atoms with E-state index in [0.717, 1.165) is 85.5 Å². The van der Waals surface area contributed by atoms with Gasteiger partial charge in [-0.05, 0) is 193 Å². The zero-order valence-corrected chi connectivity index (χ0v) is 70.2. The van der Waals surface area contributed by atoms with Gasteiger partial charge >= 0.3 is 0 Å². The number of allylic oxidation sites excluding steroid dienone is 15. The summed E-state index contributed by atoms with van der Waals surface area (Å²) in [4.78, 5) is 91.6. The zero-order valence-electron chi connectivity index (χ0n) is 69.5. The van der Waals surface area contributed by atoms with Gasteiger partial charge in [-0.3, -0.25) is 24.0 Å². The number of nitrogens with zero attached hydrogens (tertiary/aromatic N) is 20. The van der Waals surface area contributed by atoms with Crippen molar-refractivity contribution in [3.63, 3.8) is 0 Å². The Morgan fingerprint density at radius 1 is 0.352 bits per heavy atom. The summed E-state index contributed by atoms with van der Waals surface area (Å²) in [5.41, 5.74) is 21.7. The van der Waals surface area contributed by atoms with Crippen LogP contribution >= 0.6 is 11.6 Å². The lowest BCUT2D eigenvalue weighted by Crippen LogP contribution is -2.21. The largest absolute Gasteiger partial charge is 0.506 e. The van der Waals surface area contributed by atoms with Crippen molar-refractivity contribution in [3.05, 3.63) is 240 Å². The van der Waals surface area contributed by atoms with Gasteiger partial charge in [-0.2, -0.15) is 0 Å². The summed E-state index contributed by atoms with van der Waals surface area (Å²) in [6.07, 6.45) is 27.8. The number of ketones is 5. The maximum absolute atomic E-state index is 12.1. The fraction of sp³-hybridized carbons (Fsp3) is 0.244. The molecule has 0 saturated carbocycles. The molecule has 0 amide bonds. The van der Waals surface area contributed by atoms with Crippen LogP contribution in [0.3, 0.4) is 0 Å². The van der Waals surface area contributed by atoms with Crippen LogP contribution in [0.2, 0.25) is 0 Å². The highest BCUT2D eigenvalue weighted by atomic mass is 35.5. The number of aromatic nitrogens is 10. The van der Waals surface area contributed by atoms with E-state index in [0.29, 0.717) is 117 Å². The molecule has 0 aliphatic heterocycles. The minimum absolute atomic E-state index is 0.0805. The molecule has 632 valence electrons.